The number of carbonyl (C=O) groups is 2. The van der Waals surface area contributed by atoms with Crippen molar-refractivity contribution in [3.8, 4) is 0 Å². The van der Waals surface area contributed by atoms with Crippen LogP contribution in [-0.2, 0) is 32.7 Å². The molecule has 0 rings (SSSR count). The highest BCUT2D eigenvalue weighted by Gasteiger charge is 2.27. The van der Waals surface area contributed by atoms with E-state index in [1.807, 2.05) is 21.1 Å². The number of ether oxygens (including phenoxy) is 2. The molecule has 9 nitrogen and oxygen atoms in total. The van der Waals surface area contributed by atoms with Gasteiger partial charge >= 0.3 is 19.8 Å². The molecule has 0 aliphatic heterocycles. The Morgan fingerprint density at radius 3 is 0.976 bits per heavy atom. The van der Waals surface area contributed by atoms with Crippen LogP contribution in [0.25, 0.3) is 0 Å². The molecule has 0 radical (unpaired) electrons. The van der Waals surface area contributed by atoms with E-state index in [0.29, 0.717) is 23.9 Å². The van der Waals surface area contributed by atoms with Gasteiger partial charge in [-0.2, -0.15) is 0 Å². The molecule has 0 aromatic heterocycles. The number of unbranched alkanes of at least 4 members (excludes halogenated alkanes) is 47. The van der Waals surface area contributed by atoms with Crippen molar-refractivity contribution in [2.45, 2.75) is 367 Å². The standard InChI is InChI=1S/C72H138NO8P/c1-6-8-10-12-14-16-18-20-22-24-26-28-29-30-31-32-33-34-35-36-37-38-39-40-41-42-43-45-47-49-51-53-55-57-59-61-63-65-72(75)81-70(69-80-82(76,77)79-67-66-73(3,4)5)68-78-71(74)64-62-60-58-56-54-52-50-48-46-44-27-25-23-21-19-17-15-13-11-9-7-2/h18,20,24-27,70H,6-17,19,21-23,28-69H2,1-5H3/p+1/b20-18-,26-24-,27-25-. The number of nitrogens with zero attached hydrogens (tertiary/aromatic N) is 1. The molecule has 0 saturated carbocycles. The monoisotopic (exact) mass is 1180 g/mol. The van der Waals surface area contributed by atoms with Crippen molar-refractivity contribution in [2.75, 3.05) is 47.5 Å². The van der Waals surface area contributed by atoms with Crippen molar-refractivity contribution in [3.63, 3.8) is 0 Å². The Balaban J connectivity index is 3.93. The molecular weight excluding hydrogens is 1040 g/mol. The van der Waals surface area contributed by atoms with E-state index in [-0.39, 0.29) is 25.6 Å². The SMILES string of the molecule is CCCCCCC/C=C\C/C=C\CCCCCCCCCCCCCCCCCCCCCCCCCCCC(=O)OC(COC(=O)CCCCCCCCCCC/C=C\CCCCCCCCCC)COP(=O)(O)OCC[N+](C)(C)C. The topological polar surface area (TPSA) is 108 Å². The van der Waals surface area contributed by atoms with Gasteiger partial charge in [-0.05, 0) is 70.6 Å². The Bertz CT molecular complexity index is 1480. The zero-order chi connectivity index (χ0) is 59.8. The maximum Gasteiger partial charge on any atom is 0.472 e. The number of hydrogen-bond acceptors (Lipinski definition) is 7. The van der Waals surface area contributed by atoms with Crippen LogP contribution in [0.2, 0.25) is 0 Å². The van der Waals surface area contributed by atoms with Gasteiger partial charge in [-0.3, -0.25) is 18.6 Å². The number of allylic oxidation sites excluding steroid dienone is 6. The molecular formula is C72H139NO8P+. The first-order chi connectivity index (χ1) is 40.0. The highest BCUT2D eigenvalue weighted by atomic mass is 31.2. The second-order valence-electron chi connectivity index (χ2n) is 25.6. The van der Waals surface area contributed by atoms with Crippen molar-refractivity contribution < 1.29 is 42.1 Å². The fourth-order valence-electron chi connectivity index (χ4n) is 10.6. The van der Waals surface area contributed by atoms with E-state index in [1.165, 1.54) is 289 Å². The number of rotatable bonds is 67. The predicted molar refractivity (Wildman–Crippen MR) is 354 cm³/mol. The zero-order valence-corrected chi connectivity index (χ0v) is 56.1. The molecule has 0 aliphatic carbocycles. The summed E-state index contributed by atoms with van der Waals surface area (Å²) in [6, 6.07) is 0. The van der Waals surface area contributed by atoms with Gasteiger partial charge in [-0.25, -0.2) is 4.57 Å². The first-order valence-electron chi connectivity index (χ1n) is 35.7. The lowest BCUT2D eigenvalue weighted by Gasteiger charge is -2.24. The molecule has 484 valence electrons. The lowest BCUT2D eigenvalue weighted by molar-refractivity contribution is -0.870. The lowest BCUT2D eigenvalue weighted by Crippen LogP contribution is -2.37. The number of hydrogen-bond donors (Lipinski definition) is 1. The summed E-state index contributed by atoms with van der Waals surface area (Å²) >= 11 is 0. The highest BCUT2D eigenvalue weighted by molar-refractivity contribution is 7.47. The molecule has 0 heterocycles. The molecule has 1 N–H and O–H groups in total. The van der Waals surface area contributed by atoms with E-state index in [9.17, 15) is 19.0 Å². The first-order valence-corrected chi connectivity index (χ1v) is 37.2. The minimum atomic E-state index is -4.39. The van der Waals surface area contributed by atoms with Gasteiger partial charge in [0.15, 0.2) is 6.10 Å². The molecule has 0 aliphatic rings. The average Bonchev–Trinajstić information content (AvgIpc) is 3.46. The molecule has 0 aromatic rings. The second-order valence-corrected chi connectivity index (χ2v) is 27.1. The maximum absolute atomic E-state index is 12.9. The van der Waals surface area contributed by atoms with Gasteiger partial charge < -0.3 is 18.9 Å². The number of carbonyl (C=O) groups excluding carboxylic acids is 2. The fourth-order valence-corrected chi connectivity index (χ4v) is 11.4. The molecule has 2 atom stereocenters. The molecule has 2 unspecified atom stereocenters. The fraction of sp³-hybridized carbons (Fsp3) is 0.889. The van der Waals surface area contributed by atoms with Gasteiger partial charge in [0.1, 0.15) is 19.8 Å². The number of esters is 2. The molecule has 0 aromatic carbocycles. The summed E-state index contributed by atoms with van der Waals surface area (Å²) in [4.78, 5) is 35.8. The summed E-state index contributed by atoms with van der Waals surface area (Å²) in [6.07, 6.45) is 81.2. The molecule has 0 spiro atoms. The maximum atomic E-state index is 12.9. The van der Waals surface area contributed by atoms with E-state index in [1.54, 1.807) is 0 Å². The molecule has 0 bridgehead atoms. The van der Waals surface area contributed by atoms with Crippen LogP contribution in [0.5, 0.6) is 0 Å². The summed E-state index contributed by atoms with van der Waals surface area (Å²) in [5, 5.41) is 0. The predicted octanol–water partition coefficient (Wildman–Crippen LogP) is 23.1. The van der Waals surface area contributed by atoms with Crippen LogP contribution < -0.4 is 0 Å². The van der Waals surface area contributed by atoms with Gasteiger partial charge in [-0.1, -0.05) is 314 Å². The van der Waals surface area contributed by atoms with Crippen molar-refractivity contribution >= 4 is 19.8 Å². The van der Waals surface area contributed by atoms with Gasteiger partial charge in [0.25, 0.3) is 0 Å². The quantitative estimate of drug-likeness (QED) is 0.0211. The number of phosphoric acid groups is 1. The summed E-state index contributed by atoms with van der Waals surface area (Å²) in [7, 11) is 1.50. The van der Waals surface area contributed by atoms with E-state index < -0.39 is 26.5 Å². The third kappa shape index (κ3) is 67.4. The van der Waals surface area contributed by atoms with E-state index in [2.05, 4.69) is 50.3 Å². The van der Waals surface area contributed by atoms with Gasteiger partial charge in [0, 0.05) is 12.8 Å². The Labute approximate surface area is 510 Å². The summed E-state index contributed by atoms with van der Waals surface area (Å²) in [5.41, 5.74) is 0. The first kappa shape index (κ1) is 80.2. The van der Waals surface area contributed by atoms with E-state index in [0.717, 1.165) is 38.5 Å². The van der Waals surface area contributed by atoms with Crippen LogP contribution in [0, 0.1) is 0 Å². The third-order valence-electron chi connectivity index (χ3n) is 16.1. The summed E-state index contributed by atoms with van der Waals surface area (Å²) < 4.78 is 34.7. The second kappa shape index (κ2) is 63.7. The van der Waals surface area contributed by atoms with Crippen molar-refractivity contribution in [3.05, 3.63) is 36.5 Å². The van der Waals surface area contributed by atoms with Crippen LogP contribution in [0.3, 0.4) is 0 Å². The normalized spacial score (nSPS) is 13.3. The number of quaternary nitrogens is 1. The van der Waals surface area contributed by atoms with Crippen molar-refractivity contribution in [1.82, 2.24) is 0 Å². The van der Waals surface area contributed by atoms with Crippen LogP contribution in [0.1, 0.15) is 361 Å². The Hall–Kier alpha value is -1.77. The Morgan fingerprint density at radius 2 is 0.659 bits per heavy atom. The minimum absolute atomic E-state index is 0.0341. The Morgan fingerprint density at radius 1 is 0.378 bits per heavy atom. The van der Waals surface area contributed by atoms with Crippen LogP contribution in [0.4, 0.5) is 0 Å². The van der Waals surface area contributed by atoms with Crippen molar-refractivity contribution in [1.29, 1.82) is 0 Å². The summed E-state index contributed by atoms with van der Waals surface area (Å²) in [5.74, 6) is -0.780. The minimum Gasteiger partial charge on any atom is -0.462 e. The van der Waals surface area contributed by atoms with Crippen LogP contribution in [0.15, 0.2) is 36.5 Å². The van der Waals surface area contributed by atoms with E-state index in [4.69, 9.17) is 18.5 Å². The summed E-state index contributed by atoms with van der Waals surface area (Å²) in [6.45, 7) is 4.48. The van der Waals surface area contributed by atoms with Crippen LogP contribution in [-0.4, -0.2) is 74.9 Å². The Kier molecular flexibility index (Phi) is 62.3. The van der Waals surface area contributed by atoms with Gasteiger partial charge in [-0.15, -0.1) is 0 Å². The van der Waals surface area contributed by atoms with E-state index >= 15 is 0 Å². The number of phosphoric ester groups is 1. The molecule has 0 fully saturated rings. The molecule has 10 heteroatoms. The van der Waals surface area contributed by atoms with Crippen LogP contribution >= 0.6 is 7.82 Å². The zero-order valence-electron chi connectivity index (χ0n) is 55.3. The molecule has 82 heavy (non-hydrogen) atoms. The van der Waals surface area contributed by atoms with Gasteiger partial charge in [0.05, 0.1) is 27.7 Å². The largest absolute Gasteiger partial charge is 0.472 e. The molecule has 0 saturated heterocycles. The van der Waals surface area contributed by atoms with Crippen molar-refractivity contribution in [2.24, 2.45) is 0 Å². The average molecular weight is 1180 g/mol. The highest BCUT2D eigenvalue weighted by Crippen LogP contribution is 2.43. The third-order valence-corrected chi connectivity index (χ3v) is 17.1. The molecule has 0 amide bonds. The smallest absolute Gasteiger partial charge is 0.462 e. The van der Waals surface area contributed by atoms with Gasteiger partial charge in [0.2, 0.25) is 0 Å². The number of likely N-dealkylation sites (N-methyl/N-ethyl adjacent to an activating group) is 1. The lowest BCUT2D eigenvalue weighted by atomic mass is 10.0.